The first-order valence-corrected chi connectivity index (χ1v) is 3.11. The lowest BCUT2D eigenvalue weighted by atomic mass is 10.3. The number of benzene rings is 1. The van der Waals surface area contributed by atoms with Crippen LogP contribution in [-0.2, 0) is 5.11 Å². The maximum absolute atomic E-state index is 12.6. The minimum absolute atomic E-state index is 0.418. The first-order chi connectivity index (χ1) is 5.88. The molecule has 0 N–H and O–H groups in total. The van der Waals surface area contributed by atoms with Crippen LogP contribution in [0.5, 0.6) is 11.5 Å². The van der Waals surface area contributed by atoms with Crippen molar-refractivity contribution in [2.45, 2.75) is 6.36 Å². The van der Waals surface area contributed by atoms with Crippen LogP contribution < -0.4 is 4.74 Å². The van der Waals surface area contributed by atoms with Crippen LogP contribution in [0.3, 0.4) is 0 Å². The summed E-state index contributed by atoms with van der Waals surface area (Å²) in [5, 5.41) is 10.4. The predicted molar refractivity (Wildman–Crippen MR) is 33.2 cm³/mol. The quantitative estimate of drug-likeness (QED) is 0.633. The number of alkyl halides is 3. The number of ether oxygens (including phenoxy) is 1. The SMILES string of the molecule is [O]c1ccc(OC(F)(F)F)c(F)c1. The van der Waals surface area contributed by atoms with Crippen LogP contribution in [0.4, 0.5) is 17.6 Å². The molecule has 6 heteroatoms. The Bertz CT molecular complexity index is 308. The second-order valence-corrected chi connectivity index (χ2v) is 2.14. The molecule has 13 heavy (non-hydrogen) atoms. The van der Waals surface area contributed by atoms with Gasteiger partial charge in [-0.3, -0.25) is 5.11 Å². The predicted octanol–water partition coefficient (Wildman–Crippen LogP) is 2.87. The Morgan fingerprint density at radius 3 is 2.31 bits per heavy atom. The maximum Gasteiger partial charge on any atom is 0.573 e. The molecule has 0 aliphatic heterocycles. The van der Waals surface area contributed by atoms with Gasteiger partial charge in [0.15, 0.2) is 17.3 Å². The molecule has 2 nitrogen and oxygen atoms in total. The molecule has 71 valence electrons. The van der Waals surface area contributed by atoms with E-state index in [1.165, 1.54) is 0 Å². The van der Waals surface area contributed by atoms with Crippen LogP contribution in [0.1, 0.15) is 0 Å². The van der Waals surface area contributed by atoms with Gasteiger partial charge in [0, 0.05) is 6.07 Å². The normalized spacial score (nSPS) is 11.4. The zero-order chi connectivity index (χ0) is 10.1. The van der Waals surface area contributed by atoms with Crippen molar-refractivity contribution in [1.29, 1.82) is 0 Å². The van der Waals surface area contributed by atoms with Crippen molar-refractivity contribution in [2.24, 2.45) is 0 Å². The van der Waals surface area contributed by atoms with Gasteiger partial charge in [-0.15, -0.1) is 13.2 Å². The molecule has 0 aromatic heterocycles. The molecule has 1 rings (SSSR count). The zero-order valence-corrected chi connectivity index (χ0v) is 6.06. The summed E-state index contributed by atoms with van der Waals surface area (Å²) in [5.41, 5.74) is 0. The van der Waals surface area contributed by atoms with Gasteiger partial charge in [-0.1, -0.05) is 0 Å². The van der Waals surface area contributed by atoms with Gasteiger partial charge in [0.1, 0.15) is 0 Å². The van der Waals surface area contributed by atoms with E-state index in [1.807, 2.05) is 0 Å². The molecule has 0 saturated heterocycles. The van der Waals surface area contributed by atoms with Gasteiger partial charge in [0.25, 0.3) is 0 Å². The molecule has 0 aliphatic carbocycles. The summed E-state index contributed by atoms with van der Waals surface area (Å²) in [6, 6.07) is 1.83. The second-order valence-electron chi connectivity index (χ2n) is 2.14. The first kappa shape index (κ1) is 9.63. The number of hydrogen-bond donors (Lipinski definition) is 0. The van der Waals surface area contributed by atoms with Gasteiger partial charge < -0.3 is 4.74 Å². The molecule has 0 atom stereocenters. The highest BCUT2D eigenvalue weighted by atomic mass is 19.4. The van der Waals surface area contributed by atoms with Crippen LogP contribution in [-0.4, -0.2) is 6.36 Å². The minimum Gasteiger partial charge on any atom is -0.403 e. The molecular formula is C7H3F4O2. The molecule has 0 unspecified atom stereocenters. The molecular weight excluding hydrogens is 192 g/mol. The maximum atomic E-state index is 12.6. The van der Waals surface area contributed by atoms with Crippen molar-refractivity contribution in [2.75, 3.05) is 0 Å². The smallest absolute Gasteiger partial charge is 0.403 e. The summed E-state index contributed by atoms with van der Waals surface area (Å²) in [6.07, 6.45) is -4.95. The van der Waals surface area contributed by atoms with Crippen LogP contribution in [0, 0.1) is 5.82 Å². The zero-order valence-electron chi connectivity index (χ0n) is 6.06. The van der Waals surface area contributed by atoms with Crippen molar-refractivity contribution in [1.82, 2.24) is 0 Å². The Kier molecular flexibility index (Phi) is 2.31. The van der Waals surface area contributed by atoms with Gasteiger partial charge in [-0.2, -0.15) is 0 Å². The third-order valence-electron chi connectivity index (χ3n) is 1.13. The van der Waals surface area contributed by atoms with Crippen molar-refractivity contribution in [3.63, 3.8) is 0 Å². The highest BCUT2D eigenvalue weighted by molar-refractivity contribution is 5.31. The van der Waals surface area contributed by atoms with E-state index in [0.717, 1.165) is 6.07 Å². The van der Waals surface area contributed by atoms with E-state index in [9.17, 15) is 22.7 Å². The molecule has 0 aliphatic rings. The van der Waals surface area contributed by atoms with Gasteiger partial charge in [-0.25, -0.2) is 4.39 Å². The first-order valence-electron chi connectivity index (χ1n) is 3.11. The lowest BCUT2D eigenvalue weighted by molar-refractivity contribution is -0.275. The van der Waals surface area contributed by atoms with Crippen LogP contribution in [0.25, 0.3) is 0 Å². The minimum atomic E-state index is -4.95. The highest BCUT2D eigenvalue weighted by Gasteiger charge is 2.32. The van der Waals surface area contributed by atoms with Gasteiger partial charge in [0.2, 0.25) is 0 Å². The van der Waals surface area contributed by atoms with Gasteiger partial charge >= 0.3 is 6.36 Å². The molecule has 0 fully saturated rings. The van der Waals surface area contributed by atoms with Crippen LogP contribution in [0.2, 0.25) is 0 Å². The number of rotatable bonds is 1. The van der Waals surface area contributed by atoms with E-state index < -0.39 is 23.7 Å². The number of halogens is 4. The molecule has 1 radical (unpaired) electrons. The average molecular weight is 195 g/mol. The summed E-state index contributed by atoms with van der Waals surface area (Å²) in [5.74, 6) is -3.05. The van der Waals surface area contributed by atoms with Crippen molar-refractivity contribution in [3.8, 4) is 11.5 Å². The highest BCUT2D eigenvalue weighted by Crippen LogP contribution is 2.27. The van der Waals surface area contributed by atoms with Crippen LogP contribution >= 0.6 is 0 Å². The molecule has 1 aromatic rings. The third-order valence-corrected chi connectivity index (χ3v) is 1.13. The van der Waals surface area contributed by atoms with Gasteiger partial charge in [0.05, 0.1) is 0 Å². The van der Waals surface area contributed by atoms with E-state index in [-0.39, 0.29) is 0 Å². The van der Waals surface area contributed by atoms with E-state index >= 15 is 0 Å². The molecule has 0 heterocycles. The molecule has 0 bridgehead atoms. The monoisotopic (exact) mass is 195 g/mol. The number of hydrogen-bond acceptors (Lipinski definition) is 1. The van der Waals surface area contributed by atoms with E-state index in [1.54, 1.807) is 0 Å². The van der Waals surface area contributed by atoms with Crippen LogP contribution in [0.15, 0.2) is 18.2 Å². The molecule has 0 saturated carbocycles. The fraction of sp³-hybridized carbons (Fsp3) is 0.143. The van der Waals surface area contributed by atoms with Crippen molar-refractivity contribution >= 4 is 0 Å². The van der Waals surface area contributed by atoms with E-state index in [2.05, 4.69) is 4.74 Å². The summed E-state index contributed by atoms with van der Waals surface area (Å²) in [4.78, 5) is 0. The molecule has 0 amide bonds. The second kappa shape index (κ2) is 3.12. The van der Waals surface area contributed by atoms with Gasteiger partial charge in [-0.05, 0) is 12.1 Å². The fourth-order valence-corrected chi connectivity index (χ4v) is 0.689. The largest absolute Gasteiger partial charge is 0.573 e. The Morgan fingerprint density at radius 2 is 1.85 bits per heavy atom. The molecule has 0 spiro atoms. The van der Waals surface area contributed by atoms with E-state index in [4.69, 9.17) is 0 Å². The lowest BCUT2D eigenvalue weighted by Gasteiger charge is -2.08. The summed E-state index contributed by atoms with van der Waals surface area (Å²) < 4.78 is 50.5. The Hall–Kier alpha value is -1.46. The summed E-state index contributed by atoms with van der Waals surface area (Å²) in [7, 11) is 0. The Morgan fingerprint density at radius 1 is 1.23 bits per heavy atom. The van der Waals surface area contributed by atoms with Crippen molar-refractivity contribution < 1.29 is 27.4 Å². The average Bonchev–Trinajstić information content (AvgIpc) is 1.93. The third kappa shape index (κ3) is 2.81. The fourth-order valence-electron chi connectivity index (χ4n) is 0.689. The molecule has 1 aromatic carbocycles. The summed E-state index contributed by atoms with van der Waals surface area (Å²) in [6.45, 7) is 0. The standard InChI is InChI=1S/C7H3F4O2/c8-5-3-4(12)1-2-6(5)13-7(9,10)11/h1-3H. The summed E-state index contributed by atoms with van der Waals surface area (Å²) >= 11 is 0. The lowest BCUT2D eigenvalue weighted by Crippen LogP contribution is -2.17. The topological polar surface area (TPSA) is 29.1 Å². The Labute approximate surface area is 70.4 Å². The van der Waals surface area contributed by atoms with E-state index in [0.29, 0.717) is 12.1 Å². The van der Waals surface area contributed by atoms with Crippen molar-refractivity contribution in [3.05, 3.63) is 24.0 Å². The Balaban J connectivity index is 2.90.